The van der Waals surface area contributed by atoms with Gasteiger partial charge in [-0.05, 0) is 32.4 Å². The summed E-state index contributed by atoms with van der Waals surface area (Å²) in [6.07, 6.45) is 2.65. The Hall–Kier alpha value is -2.41. The molecule has 1 heterocycles. The Kier molecular flexibility index (Phi) is 7.76. The second-order valence-electron chi connectivity index (χ2n) is 5.13. The molecule has 1 aromatic heterocycles. The van der Waals surface area contributed by atoms with Crippen LogP contribution < -0.4 is 10.6 Å². The van der Waals surface area contributed by atoms with Gasteiger partial charge in [-0.3, -0.25) is 4.57 Å². The molecule has 0 aliphatic carbocycles. The van der Waals surface area contributed by atoms with Crippen molar-refractivity contribution in [2.45, 2.75) is 26.8 Å². The van der Waals surface area contributed by atoms with Crippen LogP contribution in [0.1, 0.15) is 26.1 Å². The number of ether oxygens (including phenoxy) is 1. The fourth-order valence-corrected chi connectivity index (χ4v) is 2.19. The van der Waals surface area contributed by atoms with Crippen LogP contribution in [0.2, 0.25) is 0 Å². The fraction of sp³-hybridized carbons (Fsp3) is 0.471. The van der Waals surface area contributed by atoms with Crippen molar-refractivity contribution in [3.8, 4) is 5.69 Å². The van der Waals surface area contributed by atoms with Crippen molar-refractivity contribution in [2.24, 2.45) is 4.99 Å². The van der Waals surface area contributed by atoms with Crippen LogP contribution in [0.25, 0.3) is 5.69 Å². The van der Waals surface area contributed by atoms with E-state index in [0.29, 0.717) is 6.54 Å². The topological polar surface area (TPSA) is 76.4 Å². The first-order valence-electron chi connectivity index (χ1n) is 8.39. The number of benzene rings is 1. The summed E-state index contributed by atoms with van der Waals surface area (Å²) in [5.41, 5.74) is 1.03. The van der Waals surface area contributed by atoms with E-state index in [2.05, 4.69) is 25.8 Å². The van der Waals surface area contributed by atoms with E-state index in [1.807, 2.05) is 48.7 Å². The lowest BCUT2D eigenvalue weighted by Gasteiger charge is -2.11. The molecule has 0 bridgehead atoms. The zero-order valence-corrected chi connectivity index (χ0v) is 14.4. The van der Waals surface area contributed by atoms with E-state index in [1.165, 1.54) is 0 Å². The monoisotopic (exact) mass is 330 g/mol. The summed E-state index contributed by atoms with van der Waals surface area (Å²) in [6, 6.07) is 10.0. The lowest BCUT2D eigenvalue weighted by Crippen LogP contribution is -2.38. The highest BCUT2D eigenvalue weighted by molar-refractivity contribution is 5.79. The Bertz CT molecular complexity index is 611. The SMILES string of the molecule is CCNC(=NCc1nncn1-c1ccccc1)NCCCOCC. The molecule has 1 aromatic carbocycles. The van der Waals surface area contributed by atoms with Gasteiger partial charge in [0.15, 0.2) is 11.8 Å². The number of guanidine groups is 1. The first kappa shape index (κ1) is 17.9. The zero-order valence-electron chi connectivity index (χ0n) is 14.4. The highest BCUT2D eigenvalue weighted by Gasteiger charge is 2.06. The summed E-state index contributed by atoms with van der Waals surface area (Å²) in [5.74, 6) is 1.57. The predicted octanol–water partition coefficient (Wildman–Crippen LogP) is 1.75. The van der Waals surface area contributed by atoms with Crippen LogP contribution in [0.4, 0.5) is 0 Å². The summed E-state index contributed by atoms with van der Waals surface area (Å²) in [4.78, 5) is 4.59. The van der Waals surface area contributed by atoms with Gasteiger partial charge in [-0.15, -0.1) is 10.2 Å². The Morgan fingerprint density at radius 1 is 1.21 bits per heavy atom. The Balaban J connectivity index is 1.95. The summed E-state index contributed by atoms with van der Waals surface area (Å²) in [5, 5.41) is 14.7. The van der Waals surface area contributed by atoms with Gasteiger partial charge in [-0.25, -0.2) is 4.99 Å². The Morgan fingerprint density at radius 2 is 2.04 bits per heavy atom. The van der Waals surface area contributed by atoms with Gasteiger partial charge in [-0.1, -0.05) is 18.2 Å². The van der Waals surface area contributed by atoms with Gasteiger partial charge in [0, 0.05) is 32.0 Å². The van der Waals surface area contributed by atoms with Crippen LogP contribution in [0.15, 0.2) is 41.7 Å². The number of aliphatic imine (C=N–C) groups is 1. The quantitative estimate of drug-likeness (QED) is 0.416. The van der Waals surface area contributed by atoms with Crippen LogP contribution in [0.5, 0.6) is 0 Å². The minimum absolute atomic E-state index is 0.454. The molecule has 0 saturated carbocycles. The van der Waals surface area contributed by atoms with E-state index in [4.69, 9.17) is 4.74 Å². The smallest absolute Gasteiger partial charge is 0.191 e. The lowest BCUT2D eigenvalue weighted by molar-refractivity contribution is 0.145. The maximum atomic E-state index is 5.34. The number of nitrogens with one attached hydrogen (secondary N) is 2. The first-order valence-corrected chi connectivity index (χ1v) is 8.39. The van der Waals surface area contributed by atoms with Crippen molar-refractivity contribution in [1.82, 2.24) is 25.4 Å². The number of hydrogen-bond donors (Lipinski definition) is 2. The molecule has 2 N–H and O–H groups in total. The predicted molar refractivity (Wildman–Crippen MR) is 95.3 cm³/mol. The fourth-order valence-electron chi connectivity index (χ4n) is 2.19. The highest BCUT2D eigenvalue weighted by atomic mass is 16.5. The van der Waals surface area contributed by atoms with Crippen molar-refractivity contribution in [1.29, 1.82) is 0 Å². The van der Waals surface area contributed by atoms with E-state index >= 15 is 0 Å². The number of hydrogen-bond acceptors (Lipinski definition) is 4. The Morgan fingerprint density at radius 3 is 2.79 bits per heavy atom. The van der Waals surface area contributed by atoms with Crippen LogP contribution >= 0.6 is 0 Å². The maximum Gasteiger partial charge on any atom is 0.191 e. The summed E-state index contributed by atoms with van der Waals surface area (Å²) < 4.78 is 7.28. The number of rotatable bonds is 9. The second kappa shape index (κ2) is 10.4. The van der Waals surface area contributed by atoms with Gasteiger partial charge in [0.1, 0.15) is 12.9 Å². The van der Waals surface area contributed by atoms with E-state index in [9.17, 15) is 0 Å². The minimum Gasteiger partial charge on any atom is -0.382 e. The Labute approximate surface area is 143 Å². The maximum absolute atomic E-state index is 5.34. The third-order valence-corrected chi connectivity index (χ3v) is 3.34. The second-order valence-corrected chi connectivity index (χ2v) is 5.13. The molecule has 7 nitrogen and oxygen atoms in total. The van der Waals surface area contributed by atoms with Crippen LogP contribution in [-0.2, 0) is 11.3 Å². The van der Waals surface area contributed by atoms with Crippen molar-refractivity contribution in [3.05, 3.63) is 42.5 Å². The number of nitrogens with zero attached hydrogens (tertiary/aromatic N) is 4. The molecule has 0 aliphatic rings. The summed E-state index contributed by atoms with van der Waals surface area (Å²) in [7, 11) is 0. The van der Waals surface area contributed by atoms with E-state index < -0.39 is 0 Å². The molecule has 130 valence electrons. The zero-order chi connectivity index (χ0) is 17.0. The molecule has 0 spiro atoms. The standard InChI is InChI=1S/C17H26N6O/c1-3-18-17(19-11-8-12-24-4-2)20-13-16-22-21-14-23(16)15-9-6-5-7-10-15/h5-7,9-10,14H,3-4,8,11-13H2,1-2H3,(H2,18,19,20). The molecule has 2 rings (SSSR count). The molecule has 7 heteroatoms. The molecule has 0 aliphatic heterocycles. The average Bonchev–Trinajstić information content (AvgIpc) is 3.08. The van der Waals surface area contributed by atoms with E-state index in [0.717, 1.165) is 50.2 Å². The van der Waals surface area contributed by atoms with Gasteiger partial charge in [0.2, 0.25) is 0 Å². The largest absolute Gasteiger partial charge is 0.382 e. The van der Waals surface area contributed by atoms with Gasteiger partial charge >= 0.3 is 0 Å². The van der Waals surface area contributed by atoms with E-state index in [1.54, 1.807) is 6.33 Å². The minimum atomic E-state index is 0.454. The van der Waals surface area contributed by atoms with Gasteiger partial charge in [-0.2, -0.15) is 0 Å². The van der Waals surface area contributed by atoms with Gasteiger partial charge < -0.3 is 15.4 Å². The normalized spacial score (nSPS) is 11.5. The molecule has 24 heavy (non-hydrogen) atoms. The summed E-state index contributed by atoms with van der Waals surface area (Å²) in [6.45, 7) is 7.63. The van der Waals surface area contributed by atoms with Crippen molar-refractivity contribution < 1.29 is 4.74 Å². The number of aromatic nitrogens is 3. The molecule has 0 unspecified atom stereocenters. The van der Waals surface area contributed by atoms with Gasteiger partial charge in [0.25, 0.3) is 0 Å². The van der Waals surface area contributed by atoms with Crippen LogP contribution in [0.3, 0.4) is 0 Å². The summed E-state index contributed by atoms with van der Waals surface area (Å²) >= 11 is 0. The molecule has 0 amide bonds. The molecular weight excluding hydrogens is 304 g/mol. The molecule has 0 saturated heterocycles. The van der Waals surface area contributed by atoms with Crippen molar-refractivity contribution in [3.63, 3.8) is 0 Å². The van der Waals surface area contributed by atoms with Gasteiger partial charge in [0.05, 0.1) is 0 Å². The van der Waals surface area contributed by atoms with Crippen LogP contribution in [0, 0.1) is 0 Å². The molecule has 2 aromatic rings. The lowest BCUT2D eigenvalue weighted by atomic mass is 10.3. The average molecular weight is 330 g/mol. The molecule has 0 fully saturated rings. The third-order valence-electron chi connectivity index (χ3n) is 3.34. The van der Waals surface area contributed by atoms with Crippen LogP contribution in [-0.4, -0.2) is 47.0 Å². The van der Waals surface area contributed by atoms with Crippen molar-refractivity contribution in [2.75, 3.05) is 26.3 Å². The third kappa shape index (κ3) is 5.66. The molecular formula is C17H26N6O. The molecule has 0 radical (unpaired) electrons. The highest BCUT2D eigenvalue weighted by Crippen LogP contribution is 2.09. The van der Waals surface area contributed by atoms with E-state index in [-0.39, 0.29) is 0 Å². The molecule has 0 atom stereocenters. The van der Waals surface area contributed by atoms with Crippen molar-refractivity contribution >= 4 is 5.96 Å². The first-order chi connectivity index (χ1) is 11.8. The number of para-hydroxylation sites is 1.